The number of ether oxygens (including phenoxy) is 1. The Morgan fingerprint density at radius 2 is 2.10 bits per heavy atom. The van der Waals surface area contributed by atoms with Gasteiger partial charge in [0.15, 0.2) is 0 Å². The molecule has 30 heavy (non-hydrogen) atoms. The zero-order valence-corrected chi connectivity index (χ0v) is 18.4. The van der Waals surface area contributed by atoms with Crippen molar-refractivity contribution in [3.05, 3.63) is 18.3 Å². The summed E-state index contributed by atoms with van der Waals surface area (Å²) >= 11 is 0. The minimum Gasteiger partial charge on any atom is -0.385 e. The molecular formula is C22H35N5O3. The number of aromatic nitrogens is 1. The summed E-state index contributed by atoms with van der Waals surface area (Å²) < 4.78 is 5.04. The largest absolute Gasteiger partial charge is 0.385 e. The Bertz CT molecular complexity index is 709. The molecule has 2 aliphatic heterocycles. The number of carbonyl (C=O) groups is 2. The van der Waals surface area contributed by atoms with Gasteiger partial charge in [-0.15, -0.1) is 0 Å². The van der Waals surface area contributed by atoms with Gasteiger partial charge in [-0.3, -0.25) is 4.79 Å². The van der Waals surface area contributed by atoms with Gasteiger partial charge in [0.05, 0.1) is 17.9 Å². The van der Waals surface area contributed by atoms with E-state index in [9.17, 15) is 9.59 Å². The predicted molar refractivity (Wildman–Crippen MR) is 118 cm³/mol. The van der Waals surface area contributed by atoms with E-state index in [1.54, 1.807) is 13.3 Å². The lowest BCUT2D eigenvalue weighted by Crippen LogP contribution is -2.43. The van der Waals surface area contributed by atoms with Crippen molar-refractivity contribution in [2.24, 2.45) is 11.8 Å². The number of hydrogen-bond acceptors (Lipinski definition) is 5. The van der Waals surface area contributed by atoms with Crippen LogP contribution in [-0.4, -0.2) is 67.8 Å². The van der Waals surface area contributed by atoms with Crippen LogP contribution in [0.1, 0.15) is 39.5 Å². The molecule has 2 fully saturated rings. The molecule has 8 nitrogen and oxygen atoms in total. The molecule has 0 aromatic carbocycles. The Hall–Kier alpha value is -2.35. The molecule has 0 aliphatic carbocycles. The summed E-state index contributed by atoms with van der Waals surface area (Å²) in [6.07, 6.45) is 5.98. The molecule has 8 heteroatoms. The normalized spacial score (nSPS) is 21.3. The minimum atomic E-state index is -0.0684. The number of rotatable bonds is 7. The summed E-state index contributed by atoms with van der Waals surface area (Å²) in [7, 11) is 1.67. The molecular weight excluding hydrogens is 382 g/mol. The highest BCUT2D eigenvalue weighted by atomic mass is 16.5. The number of nitrogens with one attached hydrogen (secondary N) is 2. The first-order valence-electron chi connectivity index (χ1n) is 11.0. The van der Waals surface area contributed by atoms with Crippen LogP contribution in [0.3, 0.4) is 0 Å². The SMILES string of the molecule is COCCCNC(=O)N1C[C@H]2CCCCN(c3ccc(NC(=O)C(C)C)cn3)[C@H]2C1. The van der Waals surface area contributed by atoms with Crippen LogP contribution >= 0.6 is 0 Å². The molecule has 0 spiro atoms. The Kier molecular flexibility index (Phi) is 7.90. The minimum absolute atomic E-state index is 0.0117. The molecule has 1 aromatic rings. The molecule has 3 heterocycles. The van der Waals surface area contributed by atoms with Gasteiger partial charge in [0.2, 0.25) is 5.91 Å². The number of carbonyl (C=O) groups excluding carboxylic acids is 2. The molecule has 3 rings (SSSR count). The number of amides is 3. The van der Waals surface area contributed by atoms with Crippen LogP contribution in [-0.2, 0) is 9.53 Å². The lowest BCUT2D eigenvalue weighted by molar-refractivity contribution is -0.118. The van der Waals surface area contributed by atoms with Gasteiger partial charge < -0.3 is 25.2 Å². The number of pyridine rings is 1. The quantitative estimate of drug-likeness (QED) is 0.666. The fourth-order valence-corrected chi connectivity index (χ4v) is 4.24. The van der Waals surface area contributed by atoms with Crippen LogP contribution in [0.15, 0.2) is 18.3 Å². The summed E-state index contributed by atoms with van der Waals surface area (Å²) in [6.45, 7) is 7.47. The van der Waals surface area contributed by atoms with E-state index in [4.69, 9.17) is 4.74 Å². The second-order valence-electron chi connectivity index (χ2n) is 8.55. The highest BCUT2D eigenvalue weighted by molar-refractivity contribution is 5.91. The summed E-state index contributed by atoms with van der Waals surface area (Å²) in [6, 6.07) is 4.18. The van der Waals surface area contributed by atoms with Crippen LogP contribution < -0.4 is 15.5 Å². The van der Waals surface area contributed by atoms with Gasteiger partial charge in [0.1, 0.15) is 5.82 Å². The summed E-state index contributed by atoms with van der Waals surface area (Å²) in [4.78, 5) is 33.4. The summed E-state index contributed by atoms with van der Waals surface area (Å²) in [5, 5.41) is 5.90. The van der Waals surface area contributed by atoms with Crippen molar-refractivity contribution in [3.63, 3.8) is 0 Å². The number of nitrogens with zero attached hydrogens (tertiary/aromatic N) is 3. The van der Waals surface area contributed by atoms with Crippen molar-refractivity contribution in [3.8, 4) is 0 Å². The number of urea groups is 1. The van der Waals surface area contributed by atoms with E-state index in [1.165, 1.54) is 6.42 Å². The average Bonchev–Trinajstić information content (AvgIpc) is 3.06. The molecule has 0 radical (unpaired) electrons. The number of likely N-dealkylation sites (tertiary alicyclic amines) is 1. The van der Waals surface area contributed by atoms with E-state index in [1.807, 2.05) is 30.9 Å². The highest BCUT2D eigenvalue weighted by Gasteiger charge is 2.40. The van der Waals surface area contributed by atoms with Gasteiger partial charge in [-0.1, -0.05) is 20.3 Å². The van der Waals surface area contributed by atoms with Gasteiger partial charge in [-0.05, 0) is 37.3 Å². The zero-order valence-electron chi connectivity index (χ0n) is 18.4. The monoisotopic (exact) mass is 417 g/mol. The van der Waals surface area contributed by atoms with E-state index in [0.29, 0.717) is 31.3 Å². The van der Waals surface area contributed by atoms with Crippen LogP contribution in [0.2, 0.25) is 0 Å². The van der Waals surface area contributed by atoms with Gasteiger partial charge in [0, 0.05) is 45.8 Å². The van der Waals surface area contributed by atoms with Gasteiger partial charge in [-0.2, -0.15) is 0 Å². The molecule has 3 amide bonds. The molecule has 2 N–H and O–H groups in total. The first-order chi connectivity index (χ1) is 14.5. The fourth-order valence-electron chi connectivity index (χ4n) is 4.24. The van der Waals surface area contributed by atoms with Crippen molar-refractivity contribution in [1.29, 1.82) is 0 Å². The molecule has 2 atom stereocenters. The van der Waals surface area contributed by atoms with Crippen LogP contribution in [0.25, 0.3) is 0 Å². The zero-order chi connectivity index (χ0) is 21.5. The fraction of sp³-hybridized carbons (Fsp3) is 0.682. The molecule has 0 bridgehead atoms. The first kappa shape index (κ1) is 22.3. The van der Waals surface area contributed by atoms with Crippen molar-refractivity contribution in [2.45, 2.75) is 45.6 Å². The number of hydrogen-bond donors (Lipinski definition) is 2. The van der Waals surface area contributed by atoms with Crippen LogP contribution in [0.4, 0.5) is 16.3 Å². The van der Waals surface area contributed by atoms with Crippen molar-refractivity contribution >= 4 is 23.4 Å². The highest BCUT2D eigenvalue weighted by Crippen LogP contribution is 2.32. The lowest BCUT2D eigenvalue weighted by Gasteiger charge is -2.31. The van der Waals surface area contributed by atoms with Gasteiger partial charge in [0.25, 0.3) is 0 Å². The third-order valence-electron chi connectivity index (χ3n) is 5.95. The standard InChI is InChI=1S/C22H35N5O3/c1-16(2)21(28)25-18-8-9-20(24-13-18)27-11-5-4-7-17-14-26(15-19(17)27)22(29)23-10-6-12-30-3/h8-9,13,16-17,19H,4-7,10-12,14-15H2,1-3H3,(H,23,29)(H,25,28)/t17-,19+/m1/s1. The summed E-state index contributed by atoms with van der Waals surface area (Å²) in [5.41, 5.74) is 0.715. The van der Waals surface area contributed by atoms with Crippen molar-refractivity contribution in [1.82, 2.24) is 15.2 Å². The number of anilines is 2. The molecule has 2 saturated heterocycles. The Morgan fingerprint density at radius 1 is 1.27 bits per heavy atom. The van der Waals surface area contributed by atoms with E-state index < -0.39 is 0 Å². The van der Waals surface area contributed by atoms with E-state index >= 15 is 0 Å². The van der Waals surface area contributed by atoms with E-state index in [2.05, 4.69) is 20.5 Å². The smallest absolute Gasteiger partial charge is 0.317 e. The molecule has 2 aliphatic rings. The van der Waals surface area contributed by atoms with Gasteiger partial charge in [-0.25, -0.2) is 9.78 Å². The molecule has 0 unspecified atom stereocenters. The third-order valence-corrected chi connectivity index (χ3v) is 5.95. The topological polar surface area (TPSA) is 86.8 Å². The number of fused-ring (bicyclic) bond motifs is 1. The Labute approximate surface area is 179 Å². The Balaban J connectivity index is 1.64. The maximum atomic E-state index is 12.6. The number of methoxy groups -OCH3 is 1. The molecule has 0 saturated carbocycles. The lowest BCUT2D eigenvalue weighted by atomic mass is 9.98. The van der Waals surface area contributed by atoms with E-state index in [0.717, 1.165) is 38.2 Å². The maximum absolute atomic E-state index is 12.6. The Morgan fingerprint density at radius 3 is 2.80 bits per heavy atom. The van der Waals surface area contributed by atoms with Gasteiger partial charge >= 0.3 is 6.03 Å². The molecule has 166 valence electrons. The summed E-state index contributed by atoms with van der Waals surface area (Å²) in [5.74, 6) is 1.29. The molecule has 1 aromatic heterocycles. The van der Waals surface area contributed by atoms with E-state index in [-0.39, 0.29) is 23.9 Å². The average molecular weight is 418 g/mol. The van der Waals surface area contributed by atoms with Crippen LogP contribution in [0.5, 0.6) is 0 Å². The van der Waals surface area contributed by atoms with Crippen molar-refractivity contribution < 1.29 is 14.3 Å². The predicted octanol–water partition coefficient (Wildman–Crippen LogP) is 2.71. The maximum Gasteiger partial charge on any atom is 0.317 e. The second-order valence-corrected chi connectivity index (χ2v) is 8.55. The van der Waals surface area contributed by atoms with Crippen LogP contribution in [0, 0.1) is 11.8 Å². The second kappa shape index (κ2) is 10.6. The van der Waals surface area contributed by atoms with Crippen molar-refractivity contribution in [2.75, 3.05) is 50.1 Å². The first-order valence-corrected chi connectivity index (χ1v) is 11.0. The third kappa shape index (κ3) is 5.62.